The van der Waals surface area contributed by atoms with E-state index < -0.39 is 35.1 Å². The Hall–Kier alpha value is -4.40. The van der Waals surface area contributed by atoms with Crippen molar-refractivity contribution in [3.05, 3.63) is 89.0 Å². The quantitative estimate of drug-likeness (QED) is 0.126. The maximum atomic E-state index is 14.2. The molecule has 1 fully saturated rings. The number of methoxy groups -OCH3 is 1. The van der Waals surface area contributed by atoms with Gasteiger partial charge in [0.15, 0.2) is 23.1 Å². The van der Waals surface area contributed by atoms with Gasteiger partial charge in [-0.05, 0) is 67.4 Å². The first-order valence-corrected chi connectivity index (χ1v) is 13.1. The fourth-order valence-corrected chi connectivity index (χ4v) is 4.59. The molecular formula is C31H31F2NO6. The van der Waals surface area contributed by atoms with Crippen molar-refractivity contribution in [1.82, 2.24) is 0 Å². The van der Waals surface area contributed by atoms with Gasteiger partial charge in [-0.1, -0.05) is 25.8 Å². The fraction of sp³-hybridized carbons (Fsp3) is 0.290. The van der Waals surface area contributed by atoms with Crippen LogP contribution in [-0.4, -0.2) is 37.1 Å². The van der Waals surface area contributed by atoms with Crippen molar-refractivity contribution < 1.29 is 37.7 Å². The number of rotatable bonds is 11. The summed E-state index contributed by atoms with van der Waals surface area (Å²) in [6.45, 7) is 4.76. The number of aliphatic hydroxyl groups is 1. The molecule has 1 aliphatic rings. The van der Waals surface area contributed by atoms with Gasteiger partial charge in [-0.25, -0.2) is 8.78 Å². The molecule has 7 nitrogen and oxygen atoms in total. The molecule has 1 saturated heterocycles. The van der Waals surface area contributed by atoms with Crippen molar-refractivity contribution in [3.63, 3.8) is 0 Å². The van der Waals surface area contributed by atoms with E-state index >= 15 is 0 Å². The predicted octanol–water partition coefficient (Wildman–Crippen LogP) is 6.57. The summed E-state index contributed by atoms with van der Waals surface area (Å²) < 4.78 is 44.7. The molecule has 4 rings (SSSR count). The van der Waals surface area contributed by atoms with Crippen molar-refractivity contribution >= 4 is 23.1 Å². The average molecular weight is 552 g/mol. The van der Waals surface area contributed by atoms with Crippen LogP contribution >= 0.6 is 0 Å². The van der Waals surface area contributed by atoms with Crippen LogP contribution in [0.25, 0.3) is 5.76 Å². The SMILES string of the molecule is CCCCCOc1ccc(/C(O)=C2\C(=O)C(=O)N(c3ccc(F)c(F)c3)C2c2ccc(OC)c(OCC)c2)cc1. The summed E-state index contributed by atoms with van der Waals surface area (Å²) in [6, 6.07) is 13.1. The van der Waals surface area contributed by atoms with Crippen molar-refractivity contribution in [1.29, 1.82) is 0 Å². The molecule has 0 radical (unpaired) electrons. The molecule has 0 saturated carbocycles. The minimum Gasteiger partial charge on any atom is -0.507 e. The molecule has 0 aromatic heterocycles. The summed E-state index contributed by atoms with van der Waals surface area (Å²) >= 11 is 0. The Bertz CT molecular complexity index is 1420. The van der Waals surface area contributed by atoms with E-state index in [0.717, 1.165) is 36.3 Å². The molecule has 0 bridgehead atoms. The zero-order valence-corrected chi connectivity index (χ0v) is 22.6. The van der Waals surface area contributed by atoms with Gasteiger partial charge in [0.2, 0.25) is 0 Å². The number of aliphatic hydroxyl groups excluding tert-OH is 1. The predicted molar refractivity (Wildman–Crippen MR) is 147 cm³/mol. The lowest BCUT2D eigenvalue weighted by Gasteiger charge is -2.26. The Kier molecular flexibility index (Phi) is 9.04. The molecule has 1 atom stereocenters. The zero-order valence-electron chi connectivity index (χ0n) is 22.6. The lowest BCUT2D eigenvalue weighted by molar-refractivity contribution is -0.132. The molecule has 9 heteroatoms. The zero-order chi connectivity index (χ0) is 28.8. The third kappa shape index (κ3) is 5.78. The standard InChI is InChI=1S/C31H31F2NO6/c1-4-6-7-16-40-22-12-8-19(9-13-22)29(35)27-28(20-10-15-25(38-3)26(17-20)39-5-2)34(31(37)30(27)36)21-11-14-23(32)24(33)18-21/h8-15,17-18,28,35H,4-7,16H2,1-3H3/b29-27+. The normalized spacial score (nSPS) is 16.3. The number of benzene rings is 3. The van der Waals surface area contributed by atoms with E-state index in [9.17, 15) is 23.5 Å². The number of ketones is 1. The maximum Gasteiger partial charge on any atom is 0.300 e. The van der Waals surface area contributed by atoms with Crippen LogP contribution in [0.2, 0.25) is 0 Å². The molecule has 1 amide bonds. The number of halogens is 2. The molecule has 1 N–H and O–H groups in total. The summed E-state index contributed by atoms with van der Waals surface area (Å²) in [5.74, 6) is -3.30. The van der Waals surface area contributed by atoms with Crippen LogP contribution in [0, 0.1) is 11.6 Å². The van der Waals surface area contributed by atoms with Gasteiger partial charge < -0.3 is 19.3 Å². The van der Waals surface area contributed by atoms with Crippen LogP contribution in [0.3, 0.4) is 0 Å². The van der Waals surface area contributed by atoms with E-state index in [4.69, 9.17) is 14.2 Å². The summed E-state index contributed by atoms with van der Waals surface area (Å²) in [5, 5.41) is 11.4. The maximum absolute atomic E-state index is 14.2. The van der Waals surface area contributed by atoms with Crippen LogP contribution in [0.5, 0.6) is 17.2 Å². The number of nitrogens with zero attached hydrogens (tertiary/aromatic N) is 1. The number of amides is 1. The number of Topliss-reactive ketones (excluding diaryl/α,β-unsaturated/α-hetero) is 1. The van der Waals surface area contributed by atoms with E-state index in [0.29, 0.717) is 36.0 Å². The molecule has 1 aliphatic heterocycles. The minimum absolute atomic E-state index is 0.0466. The summed E-state index contributed by atoms with van der Waals surface area (Å²) in [5.41, 5.74) is 0.423. The number of carbonyl (C=O) groups is 2. The number of hydrogen-bond acceptors (Lipinski definition) is 6. The molecule has 210 valence electrons. The van der Waals surface area contributed by atoms with Crippen molar-refractivity contribution in [2.75, 3.05) is 25.2 Å². The van der Waals surface area contributed by atoms with Crippen LogP contribution in [-0.2, 0) is 9.59 Å². The first-order valence-electron chi connectivity index (χ1n) is 13.1. The van der Waals surface area contributed by atoms with Crippen LogP contribution in [0.15, 0.2) is 66.2 Å². The monoisotopic (exact) mass is 551 g/mol. The number of anilines is 1. The van der Waals surface area contributed by atoms with Gasteiger partial charge in [0.25, 0.3) is 11.7 Å². The first kappa shape index (κ1) is 28.6. The smallest absolute Gasteiger partial charge is 0.300 e. The number of ether oxygens (including phenoxy) is 3. The van der Waals surface area contributed by atoms with E-state index in [-0.39, 0.29) is 16.8 Å². The van der Waals surface area contributed by atoms with Crippen LogP contribution in [0.1, 0.15) is 50.3 Å². The van der Waals surface area contributed by atoms with E-state index in [1.54, 1.807) is 49.4 Å². The fourth-order valence-electron chi connectivity index (χ4n) is 4.59. The van der Waals surface area contributed by atoms with E-state index in [1.807, 2.05) is 0 Å². The Labute approximate surface area is 231 Å². The largest absolute Gasteiger partial charge is 0.507 e. The Morgan fingerprint density at radius 3 is 2.30 bits per heavy atom. The molecule has 1 unspecified atom stereocenters. The third-order valence-electron chi connectivity index (χ3n) is 6.57. The van der Waals surface area contributed by atoms with Gasteiger partial charge >= 0.3 is 0 Å². The average Bonchev–Trinajstić information content (AvgIpc) is 3.22. The second-order valence-electron chi connectivity index (χ2n) is 9.19. The number of carbonyl (C=O) groups excluding carboxylic acids is 2. The van der Waals surface area contributed by atoms with Gasteiger partial charge in [0, 0.05) is 17.3 Å². The highest BCUT2D eigenvalue weighted by Crippen LogP contribution is 2.44. The molecule has 3 aromatic rings. The number of hydrogen-bond donors (Lipinski definition) is 1. The second-order valence-corrected chi connectivity index (χ2v) is 9.19. The third-order valence-corrected chi connectivity index (χ3v) is 6.57. The van der Waals surface area contributed by atoms with Gasteiger partial charge in [-0.2, -0.15) is 0 Å². The van der Waals surface area contributed by atoms with Crippen LogP contribution in [0.4, 0.5) is 14.5 Å². The van der Waals surface area contributed by atoms with Crippen LogP contribution < -0.4 is 19.1 Å². The molecular weight excluding hydrogens is 520 g/mol. The lowest BCUT2D eigenvalue weighted by atomic mass is 9.94. The lowest BCUT2D eigenvalue weighted by Crippen LogP contribution is -2.29. The Morgan fingerprint density at radius 1 is 0.900 bits per heavy atom. The van der Waals surface area contributed by atoms with Gasteiger partial charge in [-0.3, -0.25) is 14.5 Å². The summed E-state index contributed by atoms with van der Waals surface area (Å²) in [7, 11) is 1.47. The van der Waals surface area contributed by atoms with E-state index in [2.05, 4.69) is 6.92 Å². The minimum atomic E-state index is -1.18. The summed E-state index contributed by atoms with van der Waals surface area (Å²) in [4.78, 5) is 27.8. The highest BCUT2D eigenvalue weighted by Gasteiger charge is 2.47. The molecule has 40 heavy (non-hydrogen) atoms. The van der Waals surface area contributed by atoms with E-state index in [1.165, 1.54) is 13.2 Å². The van der Waals surface area contributed by atoms with Gasteiger partial charge in [0.1, 0.15) is 11.5 Å². The topological polar surface area (TPSA) is 85.3 Å². The highest BCUT2D eigenvalue weighted by atomic mass is 19.2. The van der Waals surface area contributed by atoms with Gasteiger partial charge in [0.05, 0.1) is 31.9 Å². The van der Waals surface area contributed by atoms with Crippen molar-refractivity contribution in [2.24, 2.45) is 0 Å². The highest BCUT2D eigenvalue weighted by molar-refractivity contribution is 6.51. The van der Waals surface area contributed by atoms with Crippen molar-refractivity contribution in [3.8, 4) is 17.2 Å². The molecule has 3 aromatic carbocycles. The number of unbranched alkanes of at least 4 members (excludes halogenated alkanes) is 2. The summed E-state index contributed by atoms with van der Waals surface area (Å²) in [6.07, 6.45) is 3.03. The Morgan fingerprint density at radius 2 is 1.65 bits per heavy atom. The second kappa shape index (κ2) is 12.6. The van der Waals surface area contributed by atoms with Crippen molar-refractivity contribution in [2.45, 2.75) is 39.2 Å². The first-order chi connectivity index (χ1) is 19.3. The molecule has 0 aliphatic carbocycles. The van der Waals surface area contributed by atoms with Gasteiger partial charge in [-0.15, -0.1) is 0 Å². The molecule has 0 spiro atoms. The molecule has 1 heterocycles. The Balaban J connectivity index is 1.82.